The first-order valence-electron chi connectivity index (χ1n) is 21.9. The monoisotopic (exact) mass is 861 g/mol. The molecule has 4 rings (SSSR count). The van der Waals surface area contributed by atoms with Crippen LogP contribution in [-0.4, -0.2) is 80.2 Å². The van der Waals surface area contributed by atoms with Crippen molar-refractivity contribution < 1.29 is 46.9 Å². The third-order valence-electron chi connectivity index (χ3n) is 11.1. The lowest BCUT2D eigenvalue weighted by molar-refractivity contribution is -0.152. The van der Waals surface area contributed by atoms with Crippen molar-refractivity contribution in [3.63, 3.8) is 0 Å². The molecular weight excluding hydrogens is 794 g/mol. The molecule has 2 aromatic heterocycles. The van der Waals surface area contributed by atoms with Gasteiger partial charge in [-0.25, -0.2) is 9.78 Å². The Morgan fingerprint density at radius 3 is 2.08 bits per heavy atom. The number of nitrogens with zero attached hydrogens (tertiary/aromatic N) is 4. The number of unbranched alkanes of at least 4 members (excludes halogenated alkanes) is 14. The van der Waals surface area contributed by atoms with E-state index in [2.05, 4.69) is 28.8 Å². The van der Waals surface area contributed by atoms with E-state index in [0.29, 0.717) is 18.4 Å². The number of nitrogens with two attached hydrogens (primary N) is 2. The number of benzene rings is 1. The third kappa shape index (κ3) is 15.1. The summed E-state index contributed by atoms with van der Waals surface area (Å²) in [6.45, 7) is 5.71. The molecule has 1 saturated heterocycles. The van der Waals surface area contributed by atoms with Gasteiger partial charge in [-0.3, -0.25) is 9.36 Å². The van der Waals surface area contributed by atoms with Crippen LogP contribution in [-0.2, 0) is 37.4 Å². The minimum atomic E-state index is -2.94. The summed E-state index contributed by atoms with van der Waals surface area (Å²) in [4.78, 5) is 37.9. The highest BCUT2D eigenvalue weighted by Gasteiger charge is 2.54. The predicted octanol–water partition coefficient (Wildman–Crippen LogP) is 8.51. The van der Waals surface area contributed by atoms with Crippen LogP contribution in [0.2, 0.25) is 0 Å². The number of ether oxygens (including phenoxy) is 3. The lowest BCUT2D eigenvalue weighted by atomic mass is 9.79. The van der Waals surface area contributed by atoms with Gasteiger partial charge in [0.25, 0.3) is 0 Å². The number of nitrogen functional groups attached to an aromatic ring is 1. The van der Waals surface area contributed by atoms with Gasteiger partial charge in [0.2, 0.25) is 6.10 Å². The van der Waals surface area contributed by atoms with E-state index in [1.807, 2.05) is 6.07 Å². The van der Waals surface area contributed by atoms with Crippen LogP contribution in [0, 0.1) is 6.08 Å². The van der Waals surface area contributed by atoms with Crippen molar-refractivity contribution in [3.8, 4) is 0 Å². The second-order valence-corrected chi connectivity index (χ2v) is 16.8. The summed E-state index contributed by atoms with van der Waals surface area (Å²) in [5.41, 5.74) is 11.8. The van der Waals surface area contributed by atoms with E-state index >= 15 is 0 Å². The van der Waals surface area contributed by atoms with Crippen LogP contribution < -0.4 is 11.5 Å². The Bertz CT molecular complexity index is 1760. The second-order valence-electron chi connectivity index (χ2n) is 15.9. The van der Waals surface area contributed by atoms with Gasteiger partial charge in [-0.05, 0) is 31.7 Å². The molecule has 334 valence electrons. The number of halogens is 1. The topological polar surface area (TPSA) is 213 Å². The SMILES string of the molecule is CCCCCCCCCCOC(=O)[C@H](C)O[P+](=O)OC[C@@]1(CC(c2ccccc2)[C@H](N)C(=O)OCCCCCCCCCC)O[C@@H](n2cnc3c(N)nc(F)nc32)C[C@@H]1O. The van der Waals surface area contributed by atoms with Crippen LogP contribution in [0.5, 0.6) is 0 Å². The molecule has 0 saturated carbocycles. The number of carbonyl (C=O) groups excluding carboxylic acids is 2. The predicted molar refractivity (Wildman–Crippen MR) is 226 cm³/mol. The van der Waals surface area contributed by atoms with E-state index in [4.69, 9.17) is 34.7 Å². The fourth-order valence-electron chi connectivity index (χ4n) is 7.55. The maximum Gasteiger partial charge on any atom is 0.698 e. The highest BCUT2D eigenvalue weighted by molar-refractivity contribution is 7.33. The van der Waals surface area contributed by atoms with Crippen LogP contribution in [0.1, 0.15) is 154 Å². The summed E-state index contributed by atoms with van der Waals surface area (Å²) >= 11 is 0. The summed E-state index contributed by atoms with van der Waals surface area (Å²) < 4.78 is 57.8. The Labute approximate surface area is 354 Å². The molecule has 7 atom stereocenters. The average molecular weight is 862 g/mol. The smallest absolute Gasteiger partial charge is 0.465 e. The molecule has 1 aliphatic heterocycles. The summed E-state index contributed by atoms with van der Waals surface area (Å²) in [5.74, 6) is -2.26. The van der Waals surface area contributed by atoms with Gasteiger partial charge < -0.3 is 30.8 Å². The van der Waals surface area contributed by atoms with Crippen LogP contribution in [0.15, 0.2) is 36.7 Å². The van der Waals surface area contributed by atoms with Crippen molar-refractivity contribution >= 4 is 37.2 Å². The Morgan fingerprint density at radius 1 is 0.917 bits per heavy atom. The Hall–Kier alpha value is -3.66. The molecule has 3 aromatic rings. The van der Waals surface area contributed by atoms with Gasteiger partial charge >= 0.3 is 26.3 Å². The molecule has 0 radical (unpaired) electrons. The number of esters is 2. The van der Waals surface area contributed by atoms with Crippen LogP contribution in [0.25, 0.3) is 11.2 Å². The lowest BCUT2D eigenvalue weighted by Crippen LogP contribution is -2.49. The van der Waals surface area contributed by atoms with Gasteiger partial charge in [0.1, 0.15) is 24.5 Å². The van der Waals surface area contributed by atoms with Crippen molar-refractivity contribution in [1.29, 1.82) is 0 Å². The van der Waals surface area contributed by atoms with E-state index in [1.165, 1.54) is 69.2 Å². The summed E-state index contributed by atoms with van der Waals surface area (Å²) in [5, 5.41) is 11.9. The molecule has 0 bridgehead atoms. The molecule has 60 heavy (non-hydrogen) atoms. The zero-order valence-electron chi connectivity index (χ0n) is 35.7. The summed E-state index contributed by atoms with van der Waals surface area (Å²) in [6.07, 6.45) is 14.0. The first-order chi connectivity index (χ1) is 29.0. The number of carbonyl (C=O) groups is 2. The quantitative estimate of drug-likeness (QED) is 0.0248. The number of aromatic nitrogens is 4. The maximum absolute atomic E-state index is 14.3. The van der Waals surface area contributed by atoms with Gasteiger partial charge in [-0.15, -0.1) is 9.05 Å². The van der Waals surface area contributed by atoms with Crippen LogP contribution in [0.3, 0.4) is 0 Å². The number of aliphatic hydroxyl groups is 1. The first-order valence-corrected chi connectivity index (χ1v) is 23.0. The first kappa shape index (κ1) is 49.0. The molecule has 15 nitrogen and oxygen atoms in total. The molecule has 2 unspecified atom stereocenters. The van der Waals surface area contributed by atoms with Crippen molar-refractivity contribution in [3.05, 3.63) is 48.3 Å². The lowest BCUT2D eigenvalue weighted by Gasteiger charge is -2.35. The third-order valence-corrected chi connectivity index (χ3v) is 11.9. The van der Waals surface area contributed by atoms with Crippen LogP contribution >= 0.6 is 8.25 Å². The van der Waals surface area contributed by atoms with Crippen molar-refractivity contribution in [1.82, 2.24) is 19.5 Å². The van der Waals surface area contributed by atoms with Gasteiger partial charge in [0.15, 0.2) is 17.0 Å². The number of anilines is 1. The van der Waals surface area contributed by atoms with Crippen molar-refractivity contribution in [2.75, 3.05) is 25.6 Å². The largest absolute Gasteiger partial charge is 0.698 e. The van der Waals surface area contributed by atoms with E-state index in [-0.39, 0.29) is 43.0 Å². The maximum atomic E-state index is 14.3. The Morgan fingerprint density at radius 2 is 1.48 bits per heavy atom. The summed E-state index contributed by atoms with van der Waals surface area (Å²) in [7, 11) is -2.94. The van der Waals surface area contributed by atoms with Gasteiger partial charge in [-0.2, -0.15) is 14.4 Å². The fourth-order valence-corrected chi connectivity index (χ4v) is 8.28. The van der Waals surface area contributed by atoms with Crippen molar-refractivity contribution in [2.24, 2.45) is 5.73 Å². The number of hydrogen-bond donors (Lipinski definition) is 3. The molecule has 1 fully saturated rings. The molecule has 0 spiro atoms. The number of aliphatic hydroxyl groups excluding tert-OH is 1. The van der Waals surface area contributed by atoms with Gasteiger partial charge in [0.05, 0.1) is 25.6 Å². The minimum Gasteiger partial charge on any atom is -0.465 e. The second kappa shape index (κ2) is 26.0. The van der Waals surface area contributed by atoms with Crippen molar-refractivity contribution in [2.45, 2.75) is 172 Å². The standard InChI is InChI=1S/C43H67FN6O9P/c1-4-6-8-10-12-14-16-21-25-55-40(52)31(3)59-60(54)57-29-43(34(51)27-35(58-43)50-30-47-37-38(46)48-42(44)49-39(37)50)28-33(32-23-19-18-20-24-32)36(45)41(53)56-26-22-17-15-13-11-9-7-5-2/h18-20,23-24,30-31,33-36,51H,4-17,21-22,25-29,45H2,1-3H3,(H2,46,48,49)/q+1/t31-,33?,34-,35+,36-,43+/m0/s1. The molecule has 0 aliphatic carbocycles. The number of rotatable bonds is 30. The molecular formula is C43H67FN6O9P+. The fraction of sp³-hybridized carbons (Fsp3) is 0.698. The molecule has 1 aromatic carbocycles. The molecule has 3 heterocycles. The van der Waals surface area contributed by atoms with E-state index in [0.717, 1.165) is 38.5 Å². The number of imidazole rings is 1. The van der Waals surface area contributed by atoms with Gasteiger partial charge in [-0.1, -0.05) is 134 Å². The van der Waals surface area contributed by atoms with E-state index in [1.54, 1.807) is 24.3 Å². The van der Waals surface area contributed by atoms with Gasteiger partial charge in [0, 0.05) is 16.9 Å². The van der Waals surface area contributed by atoms with E-state index < -0.39 is 68.9 Å². The molecule has 5 N–H and O–H groups in total. The highest BCUT2D eigenvalue weighted by atomic mass is 31.1. The molecule has 0 amide bonds. The Kier molecular flexibility index (Phi) is 21.2. The normalized spacial score (nSPS) is 19.6. The average Bonchev–Trinajstić information content (AvgIpc) is 3.81. The highest BCUT2D eigenvalue weighted by Crippen LogP contribution is 2.46. The Balaban J connectivity index is 1.46. The number of fused-ring (bicyclic) bond motifs is 1. The zero-order chi connectivity index (χ0) is 43.3. The minimum absolute atomic E-state index is 0.0310. The van der Waals surface area contributed by atoms with Crippen LogP contribution in [0.4, 0.5) is 10.2 Å². The zero-order valence-corrected chi connectivity index (χ0v) is 36.6. The van der Waals surface area contributed by atoms with E-state index in [9.17, 15) is 23.7 Å². The number of hydrogen-bond acceptors (Lipinski definition) is 14. The molecule has 1 aliphatic rings. The summed E-state index contributed by atoms with van der Waals surface area (Å²) in [6, 6.07) is 7.84. The molecule has 17 heteroatoms.